The number of aromatic amines is 1. The number of aryl methyl sites for hydroxylation is 2. The van der Waals surface area contributed by atoms with Gasteiger partial charge in [-0.1, -0.05) is 6.07 Å². The summed E-state index contributed by atoms with van der Waals surface area (Å²) in [7, 11) is 0. The summed E-state index contributed by atoms with van der Waals surface area (Å²) in [6.45, 7) is 6.11. The van der Waals surface area contributed by atoms with Crippen LogP contribution in [0.5, 0.6) is 0 Å². The predicted molar refractivity (Wildman–Crippen MR) is 58.2 cm³/mol. The van der Waals surface area contributed by atoms with Gasteiger partial charge < -0.3 is 10.7 Å². The second-order valence-electron chi connectivity index (χ2n) is 3.81. The number of nitrogens with zero attached hydrogens (tertiary/aromatic N) is 1. The van der Waals surface area contributed by atoms with Crippen LogP contribution in [0.4, 0.5) is 0 Å². The summed E-state index contributed by atoms with van der Waals surface area (Å²) in [6, 6.07) is 4.11. The molecule has 2 aromatic rings. The minimum Gasteiger partial charge on any atom is -0.341 e. The van der Waals surface area contributed by atoms with Crippen molar-refractivity contribution >= 4 is 11.0 Å². The number of nitrogens with two attached hydrogens (primary N) is 1. The van der Waals surface area contributed by atoms with Gasteiger partial charge in [-0.2, -0.15) is 0 Å². The molecule has 0 amide bonds. The van der Waals surface area contributed by atoms with Gasteiger partial charge >= 0.3 is 0 Å². The molecule has 0 fully saturated rings. The van der Waals surface area contributed by atoms with Crippen molar-refractivity contribution in [1.82, 2.24) is 9.97 Å². The number of aromatic nitrogens is 2. The topological polar surface area (TPSA) is 54.7 Å². The highest BCUT2D eigenvalue weighted by atomic mass is 15.0. The molecule has 0 saturated heterocycles. The van der Waals surface area contributed by atoms with E-state index in [1.807, 2.05) is 6.92 Å². The van der Waals surface area contributed by atoms with E-state index in [0.29, 0.717) is 0 Å². The van der Waals surface area contributed by atoms with Crippen molar-refractivity contribution in [3.05, 3.63) is 29.1 Å². The Balaban J connectivity index is 2.71. The first kappa shape index (κ1) is 9.21. The number of hydrogen-bond acceptors (Lipinski definition) is 2. The number of benzene rings is 1. The van der Waals surface area contributed by atoms with E-state index < -0.39 is 0 Å². The van der Waals surface area contributed by atoms with Crippen LogP contribution in [0.2, 0.25) is 0 Å². The molecule has 1 aromatic carbocycles. The number of nitrogens with one attached hydrogen (secondary N) is 1. The molecule has 1 unspecified atom stereocenters. The third kappa shape index (κ3) is 1.30. The molecule has 14 heavy (non-hydrogen) atoms. The van der Waals surface area contributed by atoms with Crippen LogP contribution in [0.1, 0.15) is 29.9 Å². The molecular formula is C11H15N3. The molecule has 1 atom stereocenters. The lowest BCUT2D eigenvalue weighted by atomic mass is 10.1. The maximum atomic E-state index is 5.77. The Kier molecular flexibility index (Phi) is 2.04. The summed E-state index contributed by atoms with van der Waals surface area (Å²) in [5.74, 6) is 0.855. The zero-order valence-electron chi connectivity index (χ0n) is 8.76. The Labute approximate surface area is 83.3 Å². The average molecular weight is 189 g/mol. The van der Waals surface area contributed by atoms with Gasteiger partial charge in [-0.05, 0) is 38.0 Å². The van der Waals surface area contributed by atoms with Crippen molar-refractivity contribution in [2.45, 2.75) is 26.8 Å². The predicted octanol–water partition coefficient (Wildman–Crippen LogP) is 2.20. The molecule has 1 heterocycles. The number of fused-ring (bicyclic) bond motifs is 1. The second-order valence-corrected chi connectivity index (χ2v) is 3.81. The van der Waals surface area contributed by atoms with Crippen molar-refractivity contribution in [3.63, 3.8) is 0 Å². The van der Waals surface area contributed by atoms with Gasteiger partial charge in [0.2, 0.25) is 0 Å². The number of rotatable bonds is 1. The van der Waals surface area contributed by atoms with E-state index in [2.05, 4.69) is 35.9 Å². The van der Waals surface area contributed by atoms with Gasteiger partial charge in [0.15, 0.2) is 0 Å². The molecule has 0 radical (unpaired) electrons. The maximum Gasteiger partial charge on any atom is 0.123 e. The molecule has 1 aromatic heterocycles. The van der Waals surface area contributed by atoms with E-state index >= 15 is 0 Å². The third-order valence-electron chi connectivity index (χ3n) is 2.63. The summed E-state index contributed by atoms with van der Waals surface area (Å²) in [4.78, 5) is 7.72. The molecule has 2 rings (SSSR count). The van der Waals surface area contributed by atoms with Crippen LogP contribution >= 0.6 is 0 Å². The molecule has 0 saturated carbocycles. The molecule has 74 valence electrons. The Morgan fingerprint density at radius 2 is 2.07 bits per heavy atom. The van der Waals surface area contributed by atoms with E-state index in [1.54, 1.807) is 0 Å². The molecule has 0 aliphatic rings. The molecule has 3 N–H and O–H groups in total. The summed E-state index contributed by atoms with van der Waals surface area (Å²) >= 11 is 0. The highest BCUT2D eigenvalue weighted by molar-refractivity contribution is 5.79. The fourth-order valence-corrected chi connectivity index (χ4v) is 1.55. The Morgan fingerprint density at radius 1 is 1.36 bits per heavy atom. The van der Waals surface area contributed by atoms with Gasteiger partial charge in [0.1, 0.15) is 5.82 Å². The lowest BCUT2D eigenvalue weighted by Crippen LogP contribution is -2.06. The quantitative estimate of drug-likeness (QED) is 0.722. The van der Waals surface area contributed by atoms with Crippen LogP contribution in [-0.4, -0.2) is 9.97 Å². The van der Waals surface area contributed by atoms with Crippen LogP contribution in [0.25, 0.3) is 11.0 Å². The van der Waals surface area contributed by atoms with E-state index in [4.69, 9.17) is 5.73 Å². The fourth-order valence-electron chi connectivity index (χ4n) is 1.55. The van der Waals surface area contributed by atoms with Crippen LogP contribution in [0, 0.1) is 13.8 Å². The normalized spacial score (nSPS) is 13.4. The lowest BCUT2D eigenvalue weighted by molar-refractivity contribution is 0.759. The first-order valence-electron chi connectivity index (χ1n) is 4.81. The lowest BCUT2D eigenvalue weighted by Gasteiger charge is -1.98. The van der Waals surface area contributed by atoms with Crippen molar-refractivity contribution in [3.8, 4) is 0 Å². The average Bonchev–Trinajstić information content (AvgIpc) is 2.56. The van der Waals surface area contributed by atoms with Gasteiger partial charge in [-0.15, -0.1) is 0 Å². The van der Waals surface area contributed by atoms with E-state index in [9.17, 15) is 0 Å². The molecule has 0 aliphatic carbocycles. The third-order valence-corrected chi connectivity index (χ3v) is 2.63. The zero-order chi connectivity index (χ0) is 10.3. The fraction of sp³-hybridized carbons (Fsp3) is 0.364. The number of H-pyrrole nitrogens is 1. The van der Waals surface area contributed by atoms with Gasteiger partial charge in [-0.3, -0.25) is 0 Å². The van der Waals surface area contributed by atoms with Crippen molar-refractivity contribution < 1.29 is 0 Å². The first-order valence-corrected chi connectivity index (χ1v) is 4.81. The molecular weight excluding hydrogens is 174 g/mol. The summed E-state index contributed by atoms with van der Waals surface area (Å²) in [5.41, 5.74) is 10.4. The van der Waals surface area contributed by atoms with Gasteiger partial charge in [0.25, 0.3) is 0 Å². The second kappa shape index (κ2) is 3.10. The van der Waals surface area contributed by atoms with Crippen molar-refractivity contribution in [2.24, 2.45) is 5.73 Å². The first-order chi connectivity index (χ1) is 6.59. The van der Waals surface area contributed by atoms with Crippen molar-refractivity contribution in [1.29, 1.82) is 0 Å². The summed E-state index contributed by atoms with van der Waals surface area (Å²) < 4.78 is 0. The number of hydrogen-bond donors (Lipinski definition) is 2. The molecule has 3 nitrogen and oxygen atoms in total. The van der Waals surface area contributed by atoms with Crippen LogP contribution in [-0.2, 0) is 0 Å². The maximum absolute atomic E-state index is 5.77. The zero-order valence-corrected chi connectivity index (χ0v) is 8.76. The van der Waals surface area contributed by atoms with Gasteiger partial charge in [0.05, 0.1) is 17.1 Å². The van der Waals surface area contributed by atoms with E-state index in [0.717, 1.165) is 16.9 Å². The molecule has 0 aliphatic heterocycles. The summed E-state index contributed by atoms with van der Waals surface area (Å²) in [6.07, 6.45) is 0. The van der Waals surface area contributed by atoms with Crippen LogP contribution < -0.4 is 5.73 Å². The summed E-state index contributed by atoms with van der Waals surface area (Å²) in [5, 5.41) is 0. The van der Waals surface area contributed by atoms with E-state index in [-0.39, 0.29) is 6.04 Å². The minimum absolute atomic E-state index is 0.0397. The minimum atomic E-state index is -0.0397. The largest absolute Gasteiger partial charge is 0.341 e. The Bertz CT molecular complexity index is 469. The molecule has 0 bridgehead atoms. The van der Waals surface area contributed by atoms with Gasteiger partial charge in [-0.25, -0.2) is 4.98 Å². The SMILES string of the molecule is Cc1ccc2[nH]c(C(C)N)nc2c1C. The number of imidazole rings is 1. The van der Waals surface area contributed by atoms with Crippen LogP contribution in [0.3, 0.4) is 0 Å². The molecule has 3 heteroatoms. The van der Waals surface area contributed by atoms with E-state index in [1.165, 1.54) is 11.1 Å². The van der Waals surface area contributed by atoms with Crippen molar-refractivity contribution in [2.75, 3.05) is 0 Å². The highest BCUT2D eigenvalue weighted by Gasteiger charge is 2.08. The Morgan fingerprint density at radius 3 is 2.71 bits per heavy atom. The van der Waals surface area contributed by atoms with Gasteiger partial charge in [0, 0.05) is 0 Å². The standard InChI is InChI=1S/C11H15N3/c1-6-4-5-9-10(7(6)2)14-11(13-9)8(3)12/h4-5,8H,12H2,1-3H3,(H,13,14). The monoisotopic (exact) mass is 189 g/mol. The highest BCUT2D eigenvalue weighted by Crippen LogP contribution is 2.20. The Hall–Kier alpha value is -1.35. The van der Waals surface area contributed by atoms with Crippen LogP contribution in [0.15, 0.2) is 12.1 Å². The molecule has 0 spiro atoms. The smallest absolute Gasteiger partial charge is 0.123 e.